The first kappa shape index (κ1) is 14.8. The van der Waals surface area contributed by atoms with Crippen molar-refractivity contribution in [3.8, 4) is 0 Å². The summed E-state index contributed by atoms with van der Waals surface area (Å²) in [6.07, 6.45) is 1.66. The average molecular weight is 341 g/mol. The smallest absolute Gasteiger partial charge is 0.303 e. The fourth-order valence-corrected chi connectivity index (χ4v) is 2.69. The molecule has 2 rings (SSSR count). The first-order chi connectivity index (χ1) is 9.47. The van der Waals surface area contributed by atoms with Gasteiger partial charge in [-0.05, 0) is 52.9 Å². The Morgan fingerprint density at radius 3 is 2.85 bits per heavy atom. The normalized spacial score (nSPS) is 18.2. The van der Waals surface area contributed by atoms with Gasteiger partial charge in [0.2, 0.25) is 0 Å². The van der Waals surface area contributed by atoms with Crippen molar-refractivity contribution in [2.24, 2.45) is 5.92 Å². The Hall–Kier alpha value is -1.56. The van der Waals surface area contributed by atoms with Gasteiger partial charge in [-0.25, -0.2) is 0 Å². The van der Waals surface area contributed by atoms with E-state index in [-0.39, 0.29) is 18.2 Å². The van der Waals surface area contributed by atoms with Crippen molar-refractivity contribution in [3.05, 3.63) is 28.2 Å². The maximum atomic E-state index is 12.3. The van der Waals surface area contributed by atoms with Gasteiger partial charge in [-0.1, -0.05) is 0 Å². The Bertz CT molecular complexity index is 533. The van der Waals surface area contributed by atoms with Crippen molar-refractivity contribution in [2.45, 2.75) is 19.3 Å². The van der Waals surface area contributed by atoms with Gasteiger partial charge < -0.3 is 15.7 Å². The lowest BCUT2D eigenvalue weighted by Crippen LogP contribution is -2.28. The number of carbonyl (C=O) groups is 2. The third-order valence-electron chi connectivity index (χ3n) is 3.58. The Labute approximate surface area is 125 Å². The van der Waals surface area contributed by atoms with Crippen LogP contribution in [0.4, 0.5) is 5.69 Å². The highest BCUT2D eigenvalue weighted by Gasteiger charge is 2.27. The summed E-state index contributed by atoms with van der Waals surface area (Å²) in [5.41, 5.74) is 6.90. The Balaban J connectivity index is 1.97. The van der Waals surface area contributed by atoms with Gasteiger partial charge in [-0.3, -0.25) is 9.59 Å². The molecule has 1 heterocycles. The number of nitrogens with two attached hydrogens (primary N) is 1. The van der Waals surface area contributed by atoms with Crippen LogP contribution >= 0.6 is 15.9 Å². The number of aliphatic carboxylic acids is 1. The van der Waals surface area contributed by atoms with E-state index >= 15 is 0 Å². The number of hydrogen-bond acceptors (Lipinski definition) is 3. The molecule has 3 N–H and O–H groups in total. The molecule has 1 atom stereocenters. The third-order valence-corrected chi connectivity index (χ3v) is 4.30. The number of carbonyl (C=O) groups excluding carboxylic acids is 1. The van der Waals surface area contributed by atoms with Crippen LogP contribution in [0, 0.1) is 5.92 Å². The number of hydrogen-bond donors (Lipinski definition) is 2. The van der Waals surface area contributed by atoms with Gasteiger partial charge in [0, 0.05) is 35.2 Å². The Morgan fingerprint density at radius 1 is 1.45 bits per heavy atom. The number of halogens is 1. The molecule has 0 saturated carbocycles. The summed E-state index contributed by atoms with van der Waals surface area (Å²) in [4.78, 5) is 24.7. The van der Waals surface area contributed by atoms with Crippen LogP contribution in [0.1, 0.15) is 29.6 Å². The molecule has 0 aliphatic carbocycles. The second-order valence-electron chi connectivity index (χ2n) is 5.07. The summed E-state index contributed by atoms with van der Waals surface area (Å²) in [5.74, 6) is -0.541. The molecule has 1 unspecified atom stereocenters. The monoisotopic (exact) mass is 340 g/mol. The zero-order valence-corrected chi connectivity index (χ0v) is 12.6. The number of amides is 1. The minimum Gasteiger partial charge on any atom is -0.481 e. The first-order valence-corrected chi connectivity index (χ1v) is 7.32. The predicted octanol–water partition coefficient (Wildman–Crippen LogP) is 2.36. The largest absolute Gasteiger partial charge is 0.481 e. The fraction of sp³-hybridized carbons (Fsp3) is 0.429. The zero-order valence-electron chi connectivity index (χ0n) is 11.0. The van der Waals surface area contributed by atoms with E-state index in [4.69, 9.17) is 10.8 Å². The molecule has 1 saturated heterocycles. The topological polar surface area (TPSA) is 83.6 Å². The minimum atomic E-state index is -0.782. The lowest BCUT2D eigenvalue weighted by atomic mass is 10.0. The molecule has 6 heteroatoms. The number of nitrogens with zero attached hydrogens (tertiary/aromatic N) is 1. The van der Waals surface area contributed by atoms with Gasteiger partial charge in [0.1, 0.15) is 0 Å². The van der Waals surface area contributed by atoms with Crippen LogP contribution in [-0.4, -0.2) is 35.0 Å². The van der Waals surface area contributed by atoms with E-state index in [1.165, 1.54) is 0 Å². The van der Waals surface area contributed by atoms with Crippen LogP contribution in [0.5, 0.6) is 0 Å². The quantitative estimate of drug-likeness (QED) is 0.824. The van der Waals surface area contributed by atoms with Crippen LogP contribution in [0.25, 0.3) is 0 Å². The molecular weight excluding hydrogens is 324 g/mol. The van der Waals surface area contributed by atoms with Crippen LogP contribution in [0.3, 0.4) is 0 Å². The predicted molar refractivity (Wildman–Crippen MR) is 79.4 cm³/mol. The molecule has 0 spiro atoms. The molecule has 0 bridgehead atoms. The molecule has 108 valence electrons. The van der Waals surface area contributed by atoms with Gasteiger partial charge >= 0.3 is 5.97 Å². The number of carboxylic acid groups (broad SMARTS) is 1. The molecular formula is C14H17BrN2O3. The van der Waals surface area contributed by atoms with E-state index in [0.717, 1.165) is 10.9 Å². The van der Waals surface area contributed by atoms with Gasteiger partial charge in [0.25, 0.3) is 5.91 Å². The van der Waals surface area contributed by atoms with Crippen LogP contribution < -0.4 is 5.73 Å². The molecule has 1 aromatic rings. The SMILES string of the molecule is Nc1cc(C(=O)N2CCC(CCC(=O)O)C2)ccc1Br. The number of likely N-dealkylation sites (tertiary alicyclic amines) is 1. The fourth-order valence-electron chi connectivity index (χ4n) is 2.44. The number of nitrogen functional groups attached to an aromatic ring is 1. The van der Waals surface area contributed by atoms with Crippen molar-refractivity contribution in [3.63, 3.8) is 0 Å². The molecule has 1 amide bonds. The number of carboxylic acids is 1. The highest BCUT2D eigenvalue weighted by Crippen LogP contribution is 2.25. The van der Waals surface area contributed by atoms with E-state index in [1.807, 2.05) is 0 Å². The minimum absolute atomic E-state index is 0.0398. The van der Waals surface area contributed by atoms with Crippen LogP contribution in [0.15, 0.2) is 22.7 Å². The van der Waals surface area contributed by atoms with Gasteiger partial charge in [-0.15, -0.1) is 0 Å². The van der Waals surface area contributed by atoms with Gasteiger partial charge in [-0.2, -0.15) is 0 Å². The van der Waals surface area contributed by atoms with Gasteiger partial charge in [0.05, 0.1) is 0 Å². The number of anilines is 1. The summed E-state index contributed by atoms with van der Waals surface area (Å²) >= 11 is 3.30. The molecule has 1 aliphatic heterocycles. The second kappa shape index (κ2) is 6.26. The molecule has 20 heavy (non-hydrogen) atoms. The first-order valence-electron chi connectivity index (χ1n) is 6.53. The highest BCUT2D eigenvalue weighted by molar-refractivity contribution is 9.10. The zero-order chi connectivity index (χ0) is 14.7. The van der Waals surface area contributed by atoms with Crippen LogP contribution in [-0.2, 0) is 4.79 Å². The second-order valence-corrected chi connectivity index (χ2v) is 5.93. The Morgan fingerprint density at radius 2 is 2.20 bits per heavy atom. The van der Waals surface area contributed by atoms with E-state index in [1.54, 1.807) is 23.1 Å². The third kappa shape index (κ3) is 3.50. The summed E-state index contributed by atoms with van der Waals surface area (Å²) in [6.45, 7) is 1.31. The number of rotatable bonds is 4. The summed E-state index contributed by atoms with van der Waals surface area (Å²) in [6, 6.07) is 5.17. The lowest BCUT2D eigenvalue weighted by Gasteiger charge is -2.17. The highest BCUT2D eigenvalue weighted by atomic mass is 79.9. The molecule has 1 aromatic carbocycles. The van der Waals surface area contributed by atoms with E-state index in [9.17, 15) is 9.59 Å². The molecule has 1 fully saturated rings. The Kier molecular flexibility index (Phi) is 4.65. The average Bonchev–Trinajstić information content (AvgIpc) is 2.87. The van der Waals surface area contributed by atoms with Crippen molar-refractivity contribution in [1.29, 1.82) is 0 Å². The van der Waals surface area contributed by atoms with E-state index in [2.05, 4.69) is 15.9 Å². The summed E-state index contributed by atoms with van der Waals surface area (Å²) in [5, 5.41) is 8.68. The maximum Gasteiger partial charge on any atom is 0.303 e. The van der Waals surface area contributed by atoms with Crippen molar-refractivity contribution in [2.75, 3.05) is 18.8 Å². The van der Waals surface area contributed by atoms with Crippen LogP contribution in [0.2, 0.25) is 0 Å². The summed E-state index contributed by atoms with van der Waals surface area (Å²) in [7, 11) is 0. The molecule has 0 aromatic heterocycles. The van der Waals surface area contributed by atoms with E-state index in [0.29, 0.717) is 30.8 Å². The molecule has 5 nitrogen and oxygen atoms in total. The van der Waals surface area contributed by atoms with Crippen molar-refractivity contribution in [1.82, 2.24) is 4.90 Å². The standard InChI is InChI=1S/C14H17BrN2O3/c15-11-3-2-10(7-12(11)16)14(20)17-6-5-9(8-17)1-4-13(18)19/h2-3,7,9H,1,4-6,8,16H2,(H,18,19). The van der Waals surface area contributed by atoms with Crippen molar-refractivity contribution >= 4 is 33.5 Å². The number of benzene rings is 1. The van der Waals surface area contributed by atoms with Crippen molar-refractivity contribution < 1.29 is 14.7 Å². The maximum absolute atomic E-state index is 12.3. The lowest BCUT2D eigenvalue weighted by molar-refractivity contribution is -0.137. The van der Waals surface area contributed by atoms with E-state index < -0.39 is 5.97 Å². The molecule has 1 aliphatic rings. The molecule has 0 radical (unpaired) electrons. The van der Waals surface area contributed by atoms with Gasteiger partial charge in [0.15, 0.2) is 0 Å². The summed E-state index contributed by atoms with van der Waals surface area (Å²) < 4.78 is 0.773.